The molecule has 1 rings (SSSR count). The summed E-state index contributed by atoms with van der Waals surface area (Å²) in [7, 11) is 2.16. The van der Waals surface area contributed by atoms with E-state index in [-0.39, 0.29) is 11.8 Å². The summed E-state index contributed by atoms with van der Waals surface area (Å²) in [6.45, 7) is 0. The van der Waals surface area contributed by atoms with Gasteiger partial charge in [0.25, 0.3) is 0 Å². The highest BCUT2D eigenvalue weighted by Crippen LogP contribution is 2.31. The van der Waals surface area contributed by atoms with Crippen LogP contribution in [0.4, 0.5) is 0 Å². The van der Waals surface area contributed by atoms with Gasteiger partial charge in [0.05, 0.1) is 14.2 Å². The Morgan fingerprint density at radius 1 is 1.25 bits per heavy atom. The molecule has 114 valence electrons. The molecule has 0 saturated heterocycles. The summed E-state index contributed by atoms with van der Waals surface area (Å²) < 4.78 is 33.0. The molecule has 0 bridgehead atoms. The third kappa shape index (κ3) is 5.02. The summed E-state index contributed by atoms with van der Waals surface area (Å²) in [6, 6.07) is 5.64. The van der Waals surface area contributed by atoms with E-state index in [9.17, 15) is 8.42 Å². The molecule has 1 aromatic carbocycles. The molecule has 5 nitrogen and oxygen atoms in total. The molecule has 20 heavy (non-hydrogen) atoms. The van der Waals surface area contributed by atoms with Crippen molar-refractivity contribution >= 4 is 9.84 Å². The zero-order valence-corrected chi connectivity index (χ0v) is 13.3. The van der Waals surface area contributed by atoms with Crippen molar-refractivity contribution in [2.75, 3.05) is 33.3 Å². The molecule has 0 spiro atoms. The average Bonchev–Trinajstić information content (AvgIpc) is 2.41. The molecule has 0 fully saturated rings. The average molecular weight is 301 g/mol. The smallest absolute Gasteiger partial charge is 0.147 e. The number of hydrogen-bond acceptors (Lipinski definition) is 5. The molecule has 1 aromatic rings. The van der Waals surface area contributed by atoms with Crippen LogP contribution in [-0.4, -0.2) is 41.7 Å². The fraction of sp³-hybridized carbons (Fsp3) is 0.571. The molecule has 1 atom stereocenters. The van der Waals surface area contributed by atoms with Crippen molar-refractivity contribution in [2.45, 2.75) is 18.9 Å². The Morgan fingerprint density at radius 2 is 1.95 bits per heavy atom. The van der Waals surface area contributed by atoms with Crippen molar-refractivity contribution in [3.63, 3.8) is 0 Å². The van der Waals surface area contributed by atoms with Gasteiger partial charge in [-0.1, -0.05) is 0 Å². The highest BCUT2D eigenvalue weighted by atomic mass is 32.2. The van der Waals surface area contributed by atoms with E-state index in [1.165, 1.54) is 6.26 Å². The third-order valence-corrected chi connectivity index (χ3v) is 4.20. The number of rotatable bonds is 8. The fourth-order valence-corrected chi connectivity index (χ4v) is 2.81. The number of sulfone groups is 1. The van der Waals surface area contributed by atoms with Crippen molar-refractivity contribution in [1.82, 2.24) is 5.32 Å². The molecule has 0 aliphatic heterocycles. The summed E-state index contributed by atoms with van der Waals surface area (Å²) in [5.74, 6) is 1.71. The van der Waals surface area contributed by atoms with E-state index in [2.05, 4.69) is 5.32 Å². The van der Waals surface area contributed by atoms with Crippen molar-refractivity contribution < 1.29 is 17.9 Å². The molecule has 0 aromatic heterocycles. The summed E-state index contributed by atoms with van der Waals surface area (Å²) in [4.78, 5) is 0. The van der Waals surface area contributed by atoms with E-state index in [4.69, 9.17) is 9.47 Å². The summed E-state index contributed by atoms with van der Waals surface area (Å²) in [5, 5.41) is 3.20. The molecule has 0 aliphatic carbocycles. The van der Waals surface area contributed by atoms with Gasteiger partial charge in [-0.05, 0) is 38.1 Å². The number of methoxy groups -OCH3 is 2. The Bertz CT molecular complexity index is 528. The molecule has 0 aliphatic rings. The minimum atomic E-state index is -2.92. The number of benzene rings is 1. The molecule has 0 amide bonds. The predicted molar refractivity (Wildman–Crippen MR) is 80.3 cm³/mol. The Morgan fingerprint density at radius 3 is 2.45 bits per heavy atom. The van der Waals surface area contributed by atoms with Gasteiger partial charge >= 0.3 is 0 Å². The maximum absolute atomic E-state index is 11.2. The second-order valence-electron chi connectivity index (χ2n) is 4.72. The summed E-state index contributed by atoms with van der Waals surface area (Å²) >= 11 is 0. The molecular formula is C14H23NO4S. The van der Waals surface area contributed by atoms with Crippen LogP contribution in [0.5, 0.6) is 11.5 Å². The van der Waals surface area contributed by atoms with Crippen molar-refractivity contribution in [3.05, 3.63) is 23.8 Å². The van der Waals surface area contributed by atoms with Crippen LogP contribution in [0.25, 0.3) is 0 Å². The van der Waals surface area contributed by atoms with Gasteiger partial charge in [0, 0.05) is 23.6 Å². The van der Waals surface area contributed by atoms with Crippen molar-refractivity contribution in [3.8, 4) is 11.5 Å². The van der Waals surface area contributed by atoms with Crippen molar-refractivity contribution in [1.29, 1.82) is 0 Å². The molecule has 1 N–H and O–H groups in total. The zero-order chi connectivity index (χ0) is 15.2. The number of hydrogen-bond donors (Lipinski definition) is 1. The van der Waals surface area contributed by atoms with Gasteiger partial charge in [-0.25, -0.2) is 8.42 Å². The lowest BCUT2D eigenvalue weighted by Gasteiger charge is -2.20. The highest BCUT2D eigenvalue weighted by Gasteiger charge is 2.16. The SMILES string of the molecule is CNC(CCCS(C)(=O)=O)c1cc(OC)ccc1OC. The van der Waals surface area contributed by atoms with Crippen LogP contribution in [0.1, 0.15) is 24.4 Å². The van der Waals surface area contributed by atoms with E-state index < -0.39 is 9.84 Å². The van der Waals surface area contributed by atoms with Crippen LogP contribution < -0.4 is 14.8 Å². The van der Waals surface area contributed by atoms with Gasteiger partial charge in [-0.3, -0.25) is 0 Å². The van der Waals surface area contributed by atoms with Crippen LogP contribution in [0.15, 0.2) is 18.2 Å². The molecule has 0 saturated carbocycles. The lowest BCUT2D eigenvalue weighted by molar-refractivity contribution is 0.389. The summed E-state index contributed by atoms with van der Waals surface area (Å²) in [6.07, 6.45) is 2.57. The van der Waals surface area contributed by atoms with Gasteiger partial charge in [0.15, 0.2) is 0 Å². The van der Waals surface area contributed by atoms with Gasteiger partial charge in [0.2, 0.25) is 0 Å². The minimum absolute atomic E-state index is 0.0294. The molecular weight excluding hydrogens is 278 g/mol. The maximum atomic E-state index is 11.2. The minimum Gasteiger partial charge on any atom is -0.497 e. The molecule has 0 heterocycles. The lowest BCUT2D eigenvalue weighted by atomic mass is 10.0. The van der Waals surface area contributed by atoms with Crippen LogP contribution in [0, 0.1) is 0 Å². The number of nitrogens with one attached hydrogen (secondary N) is 1. The Balaban J connectivity index is 2.87. The molecule has 1 unspecified atom stereocenters. The van der Waals surface area contributed by atoms with E-state index >= 15 is 0 Å². The van der Waals surface area contributed by atoms with Crippen molar-refractivity contribution in [2.24, 2.45) is 0 Å². The van der Waals surface area contributed by atoms with E-state index in [0.29, 0.717) is 12.8 Å². The van der Waals surface area contributed by atoms with Crippen LogP contribution in [0.2, 0.25) is 0 Å². The Hall–Kier alpha value is -1.27. The second kappa shape index (κ2) is 7.50. The quantitative estimate of drug-likeness (QED) is 0.793. The standard InChI is InChI=1S/C14H23NO4S/c1-15-13(6-5-9-20(4,16)17)12-10-11(18-2)7-8-14(12)19-3/h7-8,10,13,15H,5-6,9H2,1-4H3. The van der Waals surface area contributed by atoms with Gasteiger partial charge in [-0.15, -0.1) is 0 Å². The van der Waals surface area contributed by atoms with E-state index in [0.717, 1.165) is 17.1 Å². The Kier molecular flexibility index (Phi) is 6.29. The normalized spacial score (nSPS) is 13.0. The first-order valence-electron chi connectivity index (χ1n) is 6.48. The van der Waals surface area contributed by atoms with Gasteiger partial charge in [0.1, 0.15) is 21.3 Å². The number of ether oxygens (including phenoxy) is 2. The highest BCUT2D eigenvalue weighted by molar-refractivity contribution is 7.90. The van der Waals surface area contributed by atoms with Gasteiger partial charge < -0.3 is 14.8 Å². The van der Waals surface area contributed by atoms with Crippen LogP contribution in [0.3, 0.4) is 0 Å². The monoisotopic (exact) mass is 301 g/mol. The lowest BCUT2D eigenvalue weighted by Crippen LogP contribution is -2.18. The van der Waals surface area contributed by atoms with Crippen LogP contribution >= 0.6 is 0 Å². The topological polar surface area (TPSA) is 64.6 Å². The first kappa shape index (κ1) is 16.8. The van der Waals surface area contributed by atoms with E-state index in [1.54, 1.807) is 14.2 Å². The first-order valence-corrected chi connectivity index (χ1v) is 8.54. The van der Waals surface area contributed by atoms with E-state index in [1.807, 2.05) is 25.2 Å². The first-order chi connectivity index (χ1) is 9.41. The zero-order valence-electron chi connectivity index (χ0n) is 12.5. The molecule has 6 heteroatoms. The third-order valence-electron chi connectivity index (χ3n) is 3.17. The van der Waals surface area contributed by atoms with Crippen LogP contribution in [-0.2, 0) is 9.84 Å². The summed E-state index contributed by atoms with van der Waals surface area (Å²) in [5.41, 5.74) is 0.975. The fourth-order valence-electron chi connectivity index (χ4n) is 2.12. The predicted octanol–water partition coefficient (Wildman–Crippen LogP) is 1.79. The Labute approximate surface area is 121 Å². The maximum Gasteiger partial charge on any atom is 0.147 e. The largest absolute Gasteiger partial charge is 0.497 e. The van der Waals surface area contributed by atoms with Gasteiger partial charge in [-0.2, -0.15) is 0 Å². The second-order valence-corrected chi connectivity index (χ2v) is 6.98. The molecule has 0 radical (unpaired) electrons.